The second-order valence-corrected chi connectivity index (χ2v) is 6.63. The number of hydrogen-bond acceptors (Lipinski definition) is 5. The number of amides is 1. The highest BCUT2D eigenvalue weighted by Gasteiger charge is 2.39. The number of hydrogen-bond donors (Lipinski definition) is 2. The fourth-order valence-electron chi connectivity index (χ4n) is 3.54. The number of carbonyl (C=O) groups is 1. The van der Waals surface area contributed by atoms with Crippen molar-refractivity contribution >= 4 is 23.3 Å². The Bertz CT molecular complexity index is 606. The molecule has 1 unspecified atom stereocenters. The number of aromatic nitrogens is 2. The van der Waals surface area contributed by atoms with Gasteiger partial charge >= 0.3 is 5.82 Å². The molecule has 2 fully saturated rings. The van der Waals surface area contributed by atoms with Gasteiger partial charge in [-0.1, -0.05) is 36.0 Å². The molecule has 126 valence electrons. The predicted octanol–water partition coefficient (Wildman–Crippen LogP) is 2.58. The number of H-pyrrole nitrogens is 1. The standard InChI is InChI=1S/C14H19ClN4O4/c15-10-11(17-18-12(10)19(21)22)13(20)16-9-4-7-23-14(8-9)5-2-1-3-6-14/h9H,1-8H2,(H,16,20)(H,17,18). The maximum atomic E-state index is 12.3. The van der Waals surface area contributed by atoms with Gasteiger partial charge in [-0.3, -0.25) is 4.79 Å². The number of rotatable bonds is 3. The molecule has 1 aliphatic carbocycles. The Morgan fingerprint density at radius 2 is 2.17 bits per heavy atom. The highest BCUT2D eigenvalue weighted by molar-refractivity contribution is 6.35. The molecule has 8 nitrogen and oxygen atoms in total. The summed E-state index contributed by atoms with van der Waals surface area (Å²) in [6.45, 7) is 0.611. The van der Waals surface area contributed by atoms with E-state index in [-0.39, 0.29) is 22.4 Å². The van der Waals surface area contributed by atoms with E-state index >= 15 is 0 Å². The van der Waals surface area contributed by atoms with Crippen LogP contribution in [-0.4, -0.2) is 39.3 Å². The average Bonchev–Trinajstić information content (AvgIpc) is 2.90. The van der Waals surface area contributed by atoms with Crippen molar-refractivity contribution in [2.24, 2.45) is 0 Å². The van der Waals surface area contributed by atoms with E-state index in [0.717, 1.165) is 38.5 Å². The molecule has 23 heavy (non-hydrogen) atoms. The highest BCUT2D eigenvalue weighted by atomic mass is 35.5. The zero-order valence-electron chi connectivity index (χ0n) is 12.6. The van der Waals surface area contributed by atoms with Gasteiger partial charge in [0.2, 0.25) is 0 Å². The fraction of sp³-hybridized carbons (Fsp3) is 0.714. The van der Waals surface area contributed by atoms with Gasteiger partial charge in [-0.2, -0.15) is 0 Å². The molecule has 3 rings (SSSR count). The summed E-state index contributed by atoms with van der Waals surface area (Å²) in [6, 6.07) is -0.0267. The van der Waals surface area contributed by atoms with Gasteiger partial charge in [0.1, 0.15) is 0 Å². The quantitative estimate of drug-likeness (QED) is 0.648. The van der Waals surface area contributed by atoms with E-state index in [2.05, 4.69) is 15.5 Å². The third-order valence-electron chi connectivity index (χ3n) is 4.68. The number of halogens is 1. The van der Waals surface area contributed by atoms with E-state index < -0.39 is 16.6 Å². The van der Waals surface area contributed by atoms with E-state index in [4.69, 9.17) is 16.3 Å². The molecule has 0 aromatic carbocycles. The number of aromatic amines is 1. The van der Waals surface area contributed by atoms with Crippen molar-refractivity contribution < 1.29 is 14.5 Å². The summed E-state index contributed by atoms with van der Waals surface area (Å²) < 4.78 is 5.99. The molecule has 1 amide bonds. The molecule has 1 atom stereocenters. The zero-order valence-corrected chi connectivity index (χ0v) is 13.4. The molecular weight excluding hydrogens is 324 g/mol. The summed E-state index contributed by atoms with van der Waals surface area (Å²) in [4.78, 5) is 22.4. The lowest BCUT2D eigenvalue weighted by Gasteiger charge is -2.43. The van der Waals surface area contributed by atoms with Crippen molar-refractivity contribution in [1.29, 1.82) is 0 Å². The molecule has 2 aliphatic rings. The first-order chi connectivity index (χ1) is 11.0. The second kappa shape index (κ2) is 6.45. The van der Waals surface area contributed by atoms with Gasteiger partial charge in [-0.15, -0.1) is 5.10 Å². The van der Waals surface area contributed by atoms with Crippen LogP contribution in [0, 0.1) is 10.1 Å². The zero-order chi connectivity index (χ0) is 16.4. The van der Waals surface area contributed by atoms with Crippen LogP contribution in [-0.2, 0) is 4.74 Å². The number of nitrogens with zero attached hydrogens (tertiary/aromatic N) is 2. The lowest BCUT2D eigenvalue weighted by Crippen LogP contribution is -2.49. The van der Waals surface area contributed by atoms with E-state index in [1.54, 1.807) is 0 Å². The molecule has 1 aliphatic heterocycles. The predicted molar refractivity (Wildman–Crippen MR) is 82.5 cm³/mol. The SMILES string of the molecule is O=C(NC1CCOC2(CCCCC2)C1)c1n[nH]c([N+](=O)[O-])c1Cl. The second-order valence-electron chi connectivity index (χ2n) is 6.25. The van der Waals surface area contributed by atoms with Crippen LogP contribution in [0.25, 0.3) is 0 Å². The number of ether oxygens (including phenoxy) is 1. The van der Waals surface area contributed by atoms with Crippen LogP contribution < -0.4 is 5.32 Å². The van der Waals surface area contributed by atoms with Crippen molar-refractivity contribution in [2.75, 3.05) is 6.61 Å². The third-order valence-corrected chi connectivity index (χ3v) is 5.04. The minimum absolute atomic E-state index is 0.0267. The summed E-state index contributed by atoms with van der Waals surface area (Å²) >= 11 is 5.85. The van der Waals surface area contributed by atoms with Crippen LogP contribution in [0.15, 0.2) is 0 Å². The first-order valence-electron chi connectivity index (χ1n) is 7.84. The molecule has 9 heteroatoms. The largest absolute Gasteiger partial charge is 0.375 e. The summed E-state index contributed by atoms with van der Waals surface area (Å²) in [5.41, 5.74) is -0.266. The highest BCUT2D eigenvalue weighted by Crippen LogP contribution is 2.38. The number of nitrogens with one attached hydrogen (secondary N) is 2. The van der Waals surface area contributed by atoms with Crippen molar-refractivity contribution in [1.82, 2.24) is 15.5 Å². The molecule has 1 saturated heterocycles. The third kappa shape index (κ3) is 3.32. The molecule has 1 spiro atoms. The maximum Gasteiger partial charge on any atom is 0.362 e. The lowest BCUT2D eigenvalue weighted by molar-refractivity contribution is -0.389. The van der Waals surface area contributed by atoms with Crippen LogP contribution >= 0.6 is 11.6 Å². The Morgan fingerprint density at radius 1 is 1.43 bits per heavy atom. The van der Waals surface area contributed by atoms with Gasteiger partial charge in [-0.25, -0.2) is 0 Å². The van der Waals surface area contributed by atoms with Crippen LogP contribution in [0.5, 0.6) is 0 Å². The van der Waals surface area contributed by atoms with Crippen molar-refractivity contribution in [3.05, 3.63) is 20.8 Å². The Kier molecular flexibility index (Phi) is 4.54. The summed E-state index contributed by atoms with van der Waals surface area (Å²) in [7, 11) is 0. The van der Waals surface area contributed by atoms with Gasteiger partial charge in [0.25, 0.3) is 5.91 Å². The normalized spacial score (nSPS) is 23.6. The molecular formula is C14H19ClN4O4. The summed E-state index contributed by atoms with van der Waals surface area (Å²) in [6.07, 6.45) is 7.06. The van der Waals surface area contributed by atoms with Gasteiger partial charge in [0.05, 0.1) is 5.60 Å². The minimum atomic E-state index is -0.697. The fourth-order valence-corrected chi connectivity index (χ4v) is 3.78. The van der Waals surface area contributed by atoms with Crippen LogP contribution in [0.4, 0.5) is 5.82 Å². The first kappa shape index (κ1) is 16.2. The van der Waals surface area contributed by atoms with Crippen molar-refractivity contribution in [3.63, 3.8) is 0 Å². The van der Waals surface area contributed by atoms with Crippen molar-refractivity contribution in [2.45, 2.75) is 56.6 Å². The summed E-state index contributed by atoms with van der Waals surface area (Å²) in [5.74, 6) is -0.954. The molecule has 1 aromatic heterocycles. The Balaban J connectivity index is 1.66. The van der Waals surface area contributed by atoms with Gasteiger partial charge in [0, 0.05) is 12.6 Å². The molecule has 2 heterocycles. The smallest absolute Gasteiger partial charge is 0.362 e. The van der Waals surface area contributed by atoms with Gasteiger partial charge in [-0.05, 0) is 30.6 Å². The average molecular weight is 343 g/mol. The first-order valence-corrected chi connectivity index (χ1v) is 8.22. The molecule has 0 radical (unpaired) electrons. The van der Waals surface area contributed by atoms with Crippen LogP contribution in [0.3, 0.4) is 0 Å². The van der Waals surface area contributed by atoms with Gasteiger partial charge < -0.3 is 20.2 Å². The van der Waals surface area contributed by atoms with Crippen LogP contribution in [0.1, 0.15) is 55.4 Å². The molecule has 1 aromatic rings. The molecule has 1 saturated carbocycles. The lowest BCUT2D eigenvalue weighted by atomic mass is 9.78. The van der Waals surface area contributed by atoms with E-state index in [0.29, 0.717) is 6.61 Å². The Morgan fingerprint density at radius 3 is 2.83 bits per heavy atom. The monoisotopic (exact) mass is 342 g/mol. The van der Waals surface area contributed by atoms with E-state index in [1.165, 1.54) is 6.42 Å². The minimum Gasteiger partial charge on any atom is -0.375 e. The Hall–Kier alpha value is -1.67. The van der Waals surface area contributed by atoms with E-state index in [1.807, 2.05) is 0 Å². The number of carbonyl (C=O) groups excluding carboxylic acids is 1. The molecule has 2 N–H and O–H groups in total. The molecule has 0 bridgehead atoms. The van der Waals surface area contributed by atoms with E-state index in [9.17, 15) is 14.9 Å². The topological polar surface area (TPSA) is 110 Å². The number of nitro groups is 1. The summed E-state index contributed by atoms with van der Waals surface area (Å²) in [5, 5.41) is 19.2. The Labute approximate surface area is 138 Å². The van der Waals surface area contributed by atoms with Crippen LogP contribution in [0.2, 0.25) is 5.02 Å². The maximum absolute atomic E-state index is 12.3. The van der Waals surface area contributed by atoms with Gasteiger partial charge in [0.15, 0.2) is 10.7 Å². The van der Waals surface area contributed by atoms with Crippen molar-refractivity contribution in [3.8, 4) is 0 Å².